The zero-order valence-electron chi connectivity index (χ0n) is 9.93. The number of carbonyl (C=O) groups is 1. The second kappa shape index (κ2) is 6.27. The molecule has 2 aromatic rings. The second-order valence-corrected chi connectivity index (χ2v) is 5.53. The quantitative estimate of drug-likeness (QED) is 0.881. The van der Waals surface area contributed by atoms with E-state index < -0.39 is 0 Å². The molecule has 0 saturated heterocycles. The molecule has 2 rings (SSSR count). The van der Waals surface area contributed by atoms with E-state index in [1.807, 2.05) is 7.05 Å². The van der Waals surface area contributed by atoms with Crippen molar-refractivity contribution in [3.8, 4) is 0 Å². The molecular formula is C11H10Cl2N4OS. The smallest absolute Gasteiger partial charge is 0.234 e. The second-order valence-electron chi connectivity index (χ2n) is 3.72. The van der Waals surface area contributed by atoms with Gasteiger partial charge in [-0.25, -0.2) is 0 Å². The molecule has 5 nitrogen and oxygen atoms in total. The first-order chi connectivity index (χ1) is 9.04. The van der Waals surface area contributed by atoms with Crippen LogP contribution in [0.3, 0.4) is 0 Å². The molecule has 19 heavy (non-hydrogen) atoms. The molecule has 0 aliphatic heterocycles. The average molecular weight is 317 g/mol. The van der Waals surface area contributed by atoms with Gasteiger partial charge in [-0.05, 0) is 18.2 Å². The lowest BCUT2D eigenvalue weighted by atomic mass is 10.3. The van der Waals surface area contributed by atoms with Crippen LogP contribution in [0.4, 0.5) is 5.69 Å². The van der Waals surface area contributed by atoms with Crippen molar-refractivity contribution in [3.05, 3.63) is 34.6 Å². The zero-order valence-corrected chi connectivity index (χ0v) is 12.3. The fourth-order valence-electron chi connectivity index (χ4n) is 1.36. The predicted molar refractivity (Wildman–Crippen MR) is 76.8 cm³/mol. The van der Waals surface area contributed by atoms with E-state index in [1.54, 1.807) is 29.1 Å². The highest BCUT2D eigenvalue weighted by molar-refractivity contribution is 7.99. The maximum atomic E-state index is 11.8. The van der Waals surface area contributed by atoms with Crippen molar-refractivity contribution in [3.63, 3.8) is 0 Å². The highest BCUT2D eigenvalue weighted by atomic mass is 35.5. The molecule has 0 aliphatic rings. The molecule has 100 valence electrons. The van der Waals surface area contributed by atoms with Crippen LogP contribution >= 0.6 is 35.0 Å². The summed E-state index contributed by atoms with van der Waals surface area (Å²) in [5, 5.41) is 12.0. The summed E-state index contributed by atoms with van der Waals surface area (Å²) in [6, 6.07) is 4.88. The first-order valence-corrected chi connectivity index (χ1v) is 7.01. The van der Waals surface area contributed by atoms with Gasteiger partial charge in [0.2, 0.25) is 5.91 Å². The third kappa shape index (κ3) is 4.12. The van der Waals surface area contributed by atoms with Crippen LogP contribution in [-0.2, 0) is 11.8 Å². The van der Waals surface area contributed by atoms with Crippen LogP contribution in [0, 0.1) is 0 Å². The summed E-state index contributed by atoms with van der Waals surface area (Å²) in [5.74, 6) is 0.0720. The SMILES string of the molecule is Cn1cnnc1SCC(=O)Nc1cc(Cl)cc(Cl)c1. The van der Waals surface area contributed by atoms with Gasteiger partial charge >= 0.3 is 0 Å². The molecule has 1 N–H and O–H groups in total. The van der Waals surface area contributed by atoms with Crippen molar-refractivity contribution in [1.82, 2.24) is 14.8 Å². The Bertz CT molecular complexity index is 582. The first-order valence-electron chi connectivity index (χ1n) is 5.27. The predicted octanol–water partition coefficient (Wildman–Crippen LogP) is 2.85. The van der Waals surface area contributed by atoms with Gasteiger partial charge < -0.3 is 9.88 Å². The fourth-order valence-corrected chi connectivity index (χ4v) is 2.57. The largest absolute Gasteiger partial charge is 0.325 e. The maximum Gasteiger partial charge on any atom is 0.234 e. The van der Waals surface area contributed by atoms with Crippen molar-refractivity contribution in [2.24, 2.45) is 7.05 Å². The average Bonchev–Trinajstić information content (AvgIpc) is 2.71. The Morgan fingerprint density at radius 3 is 2.63 bits per heavy atom. The molecule has 0 unspecified atom stereocenters. The zero-order chi connectivity index (χ0) is 13.8. The number of benzene rings is 1. The first kappa shape index (κ1) is 14.2. The summed E-state index contributed by atoms with van der Waals surface area (Å²) in [5.41, 5.74) is 0.570. The Kier molecular flexibility index (Phi) is 4.68. The number of halogens is 2. The molecule has 1 aromatic carbocycles. The monoisotopic (exact) mass is 316 g/mol. The minimum atomic E-state index is -0.161. The Labute approximate surface area is 124 Å². The van der Waals surface area contributed by atoms with Gasteiger partial charge in [0, 0.05) is 22.8 Å². The van der Waals surface area contributed by atoms with Gasteiger partial charge in [0.05, 0.1) is 5.75 Å². The lowest BCUT2D eigenvalue weighted by molar-refractivity contribution is -0.113. The van der Waals surface area contributed by atoms with Gasteiger partial charge in [-0.15, -0.1) is 10.2 Å². The van der Waals surface area contributed by atoms with Crippen LogP contribution in [0.25, 0.3) is 0 Å². The minimum Gasteiger partial charge on any atom is -0.325 e. The number of nitrogens with zero attached hydrogens (tertiary/aromatic N) is 3. The van der Waals surface area contributed by atoms with Gasteiger partial charge in [-0.2, -0.15) is 0 Å². The molecule has 0 saturated carbocycles. The number of hydrogen-bond donors (Lipinski definition) is 1. The highest BCUT2D eigenvalue weighted by Crippen LogP contribution is 2.23. The summed E-state index contributed by atoms with van der Waals surface area (Å²) in [7, 11) is 1.82. The van der Waals surface area contributed by atoms with Crippen LogP contribution in [0.1, 0.15) is 0 Å². The summed E-state index contributed by atoms with van der Waals surface area (Å²) in [4.78, 5) is 11.8. The third-order valence-corrected chi connectivity index (χ3v) is 3.62. The van der Waals surface area contributed by atoms with Crippen molar-refractivity contribution in [2.45, 2.75) is 5.16 Å². The van der Waals surface area contributed by atoms with Crippen molar-refractivity contribution in [2.75, 3.05) is 11.1 Å². The van der Waals surface area contributed by atoms with Gasteiger partial charge in [-0.1, -0.05) is 35.0 Å². The summed E-state index contributed by atoms with van der Waals surface area (Å²) in [6.07, 6.45) is 1.58. The number of thioether (sulfide) groups is 1. The van der Waals surface area contributed by atoms with Crippen LogP contribution in [0.2, 0.25) is 10.0 Å². The molecule has 0 atom stereocenters. The lowest BCUT2D eigenvalue weighted by Gasteiger charge is -2.06. The van der Waals surface area contributed by atoms with Crippen LogP contribution in [-0.4, -0.2) is 26.4 Å². The molecular weight excluding hydrogens is 307 g/mol. The van der Waals surface area contributed by atoms with Crippen LogP contribution in [0.15, 0.2) is 29.7 Å². The standard InChI is InChI=1S/C11H10Cl2N4OS/c1-17-6-14-16-11(17)19-5-10(18)15-9-3-7(12)2-8(13)4-9/h2-4,6H,5H2,1H3,(H,15,18). The van der Waals surface area contributed by atoms with E-state index in [0.717, 1.165) is 0 Å². The summed E-state index contributed by atoms with van der Waals surface area (Å²) < 4.78 is 1.74. The number of anilines is 1. The van der Waals surface area contributed by atoms with Gasteiger partial charge in [0.25, 0.3) is 0 Å². The van der Waals surface area contributed by atoms with Crippen molar-refractivity contribution in [1.29, 1.82) is 0 Å². The maximum absolute atomic E-state index is 11.8. The van der Waals surface area contributed by atoms with Crippen LogP contribution in [0.5, 0.6) is 0 Å². The minimum absolute atomic E-state index is 0.161. The molecule has 0 spiro atoms. The van der Waals surface area contributed by atoms with Crippen molar-refractivity contribution >= 4 is 46.6 Å². The molecule has 0 radical (unpaired) electrons. The molecule has 1 heterocycles. The molecule has 0 bridgehead atoms. The van der Waals surface area contributed by atoms with Crippen LogP contribution < -0.4 is 5.32 Å². The molecule has 1 aromatic heterocycles. The third-order valence-electron chi connectivity index (χ3n) is 2.15. The van der Waals surface area contributed by atoms with E-state index >= 15 is 0 Å². The summed E-state index contributed by atoms with van der Waals surface area (Å²) in [6.45, 7) is 0. The number of rotatable bonds is 4. The van der Waals surface area contributed by atoms with Gasteiger partial charge in [0.1, 0.15) is 6.33 Å². The van der Waals surface area contributed by atoms with Crippen molar-refractivity contribution < 1.29 is 4.79 Å². The number of aryl methyl sites for hydroxylation is 1. The number of hydrogen-bond acceptors (Lipinski definition) is 4. The topological polar surface area (TPSA) is 59.8 Å². The number of carbonyl (C=O) groups excluding carboxylic acids is 1. The van der Waals surface area contributed by atoms with Gasteiger partial charge in [-0.3, -0.25) is 4.79 Å². The number of amides is 1. The Morgan fingerprint density at radius 2 is 2.05 bits per heavy atom. The summed E-state index contributed by atoms with van der Waals surface area (Å²) >= 11 is 13.0. The highest BCUT2D eigenvalue weighted by Gasteiger charge is 2.08. The molecule has 8 heteroatoms. The fraction of sp³-hybridized carbons (Fsp3) is 0.182. The van der Waals surface area contributed by atoms with E-state index in [1.165, 1.54) is 11.8 Å². The molecule has 0 aliphatic carbocycles. The van der Waals surface area contributed by atoms with E-state index in [-0.39, 0.29) is 11.7 Å². The van der Waals surface area contributed by atoms with Gasteiger partial charge in [0.15, 0.2) is 5.16 Å². The molecule has 0 fully saturated rings. The van der Waals surface area contributed by atoms with E-state index in [9.17, 15) is 4.79 Å². The number of aromatic nitrogens is 3. The Morgan fingerprint density at radius 1 is 1.37 bits per heavy atom. The molecule has 1 amide bonds. The Hall–Kier alpha value is -1.24. The van der Waals surface area contributed by atoms with E-state index in [4.69, 9.17) is 23.2 Å². The number of nitrogens with one attached hydrogen (secondary N) is 1. The van der Waals surface area contributed by atoms with E-state index in [2.05, 4.69) is 15.5 Å². The normalized spacial score (nSPS) is 10.5. The van der Waals surface area contributed by atoms with E-state index in [0.29, 0.717) is 20.9 Å². The lowest BCUT2D eigenvalue weighted by Crippen LogP contribution is -2.14. The Balaban J connectivity index is 1.92.